The largest absolute Gasteiger partial charge is 0.340 e. The maximum absolute atomic E-state index is 11.5. The first kappa shape index (κ1) is 9.74. The number of hydrogen-bond acceptors (Lipinski definition) is 2. The third-order valence-electron chi connectivity index (χ3n) is 1.50. The summed E-state index contributed by atoms with van der Waals surface area (Å²) in [4.78, 5) is 14.0. The Balaban J connectivity index is 2.59. The average molecular weight is 248 g/mol. The molecular weight excluding hydrogens is 238 g/mol. The van der Waals surface area contributed by atoms with Gasteiger partial charge in [0.1, 0.15) is 0 Å². The molecular formula is C8H10BrNOS. The van der Waals surface area contributed by atoms with Crippen molar-refractivity contribution in [1.82, 2.24) is 4.90 Å². The van der Waals surface area contributed by atoms with Crippen LogP contribution in [0.25, 0.3) is 0 Å². The van der Waals surface area contributed by atoms with Crippen LogP contribution in [-0.2, 0) is 0 Å². The summed E-state index contributed by atoms with van der Waals surface area (Å²) in [6, 6.07) is 3.73. The lowest BCUT2D eigenvalue weighted by Gasteiger charge is -2.13. The van der Waals surface area contributed by atoms with Crippen LogP contribution in [0.5, 0.6) is 0 Å². The second kappa shape index (κ2) is 4.62. The van der Waals surface area contributed by atoms with Crippen molar-refractivity contribution in [2.24, 2.45) is 0 Å². The minimum Gasteiger partial charge on any atom is -0.340 e. The number of carbonyl (C=O) groups excluding carboxylic acids is 1. The molecule has 12 heavy (non-hydrogen) atoms. The minimum absolute atomic E-state index is 0.101. The molecule has 66 valence electrons. The molecule has 2 nitrogen and oxygen atoms in total. The highest BCUT2D eigenvalue weighted by molar-refractivity contribution is 9.09. The number of carbonyl (C=O) groups is 1. The fourth-order valence-corrected chi connectivity index (χ4v) is 2.07. The highest BCUT2D eigenvalue weighted by atomic mass is 79.9. The zero-order valence-corrected chi connectivity index (χ0v) is 9.19. The van der Waals surface area contributed by atoms with E-state index in [9.17, 15) is 4.79 Å². The normalized spacial score (nSPS) is 9.83. The van der Waals surface area contributed by atoms with Crippen molar-refractivity contribution < 1.29 is 4.79 Å². The summed E-state index contributed by atoms with van der Waals surface area (Å²) in [5.41, 5.74) is 0. The van der Waals surface area contributed by atoms with Crippen LogP contribution in [0, 0.1) is 0 Å². The number of alkyl halides is 1. The molecule has 0 aliphatic carbocycles. The number of halogens is 1. The maximum Gasteiger partial charge on any atom is 0.263 e. The van der Waals surface area contributed by atoms with Gasteiger partial charge in [-0.1, -0.05) is 22.0 Å². The molecule has 1 aromatic heterocycles. The van der Waals surface area contributed by atoms with Crippen LogP contribution in [0.4, 0.5) is 0 Å². The Kier molecular flexibility index (Phi) is 3.75. The lowest BCUT2D eigenvalue weighted by Crippen LogP contribution is -2.27. The van der Waals surface area contributed by atoms with Crippen molar-refractivity contribution in [3.63, 3.8) is 0 Å². The van der Waals surface area contributed by atoms with E-state index in [4.69, 9.17) is 0 Å². The van der Waals surface area contributed by atoms with E-state index in [1.54, 1.807) is 4.90 Å². The average Bonchev–Trinajstić information content (AvgIpc) is 2.55. The van der Waals surface area contributed by atoms with Gasteiger partial charge in [-0.2, -0.15) is 0 Å². The summed E-state index contributed by atoms with van der Waals surface area (Å²) in [5, 5.41) is 2.73. The van der Waals surface area contributed by atoms with Gasteiger partial charge >= 0.3 is 0 Å². The second-order valence-corrected chi connectivity index (χ2v) is 4.13. The summed E-state index contributed by atoms with van der Waals surface area (Å²) >= 11 is 4.77. The highest BCUT2D eigenvalue weighted by Crippen LogP contribution is 2.10. The first-order chi connectivity index (χ1) is 5.75. The SMILES string of the molecule is CN(CCBr)C(=O)c1cccs1. The van der Waals surface area contributed by atoms with Crippen molar-refractivity contribution in [1.29, 1.82) is 0 Å². The first-order valence-electron chi connectivity index (χ1n) is 3.60. The lowest BCUT2D eigenvalue weighted by molar-refractivity contribution is 0.0809. The zero-order chi connectivity index (χ0) is 8.97. The fraction of sp³-hybridized carbons (Fsp3) is 0.375. The minimum atomic E-state index is 0.101. The molecule has 0 atom stereocenters. The van der Waals surface area contributed by atoms with Crippen molar-refractivity contribution in [2.75, 3.05) is 18.9 Å². The number of amides is 1. The van der Waals surface area contributed by atoms with Crippen LogP contribution in [0.2, 0.25) is 0 Å². The number of hydrogen-bond donors (Lipinski definition) is 0. The van der Waals surface area contributed by atoms with E-state index in [1.165, 1.54) is 11.3 Å². The van der Waals surface area contributed by atoms with Gasteiger partial charge in [0.25, 0.3) is 5.91 Å². The molecule has 1 amide bonds. The molecule has 1 aromatic rings. The molecule has 0 aliphatic heterocycles. The van der Waals surface area contributed by atoms with Gasteiger partial charge in [0.15, 0.2) is 0 Å². The molecule has 4 heteroatoms. The Morgan fingerprint density at radius 3 is 3.00 bits per heavy atom. The van der Waals surface area contributed by atoms with E-state index in [1.807, 2.05) is 24.6 Å². The van der Waals surface area contributed by atoms with E-state index >= 15 is 0 Å². The summed E-state index contributed by atoms with van der Waals surface area (Å²) in [7, 11) is 1.81. The third-order valence-corrected chi connectivity index (χ3v) is 2.71. The molecule has 0 saturated carbocycles. The van der Waals surface area contributed by atoms with Crippen LogP contribution in [-0.4, -0.2) is 29.7 Å². The molecule has 0 N–H and O–H groups in total. The maximum atomic E-state index is 11.5. The molecule has 0 unspecified atom stereocenters. The van der Waals surface area contributed by atoms with E-state index < -0.39 is 0 Å². The van der Waals surface area contributed by atoms with Gasteiger partial charge in [-0.15, -0.1) is 11.3 Å². The Hall–Kier alpha value is -0.350. The van der Waals surface area contributed by atoms with Gasteiger partial charge in [-0.3, -0.25) is 4.79 Å². The van der Waals surface area contributed by atoms with Gasteiger partial charge in [-0.05, 0) is 11.4 Å². The molecule has 1 heterocycles. The zero-order valence-electron chi connectivity index (χ0n) is 6.79. The highest BCUT2D eigenvalue weighted by Gasteiger charge is 2.10. The predicted octanol–water partition coefficient (Wildman–Crippen LogP) is 2.21. The van der Waals surface area contributed by atoms with E-state index in [-0.39, 0.29) is 5.91 Å². The van der Waals surface area contributed by atoms with Crippen molar-refractivity contribution >= 4 is 33.2 Å². The molecule has 0 bridgehead atoms. The van der Waals surface area contributed by atoms with Gasteiger partial charge in [0.05, 0.1) is 4.88 Å². The molecule has 0 aliphatic rings. The topological polar surface area (TPSA) is 20.3 Å². The third kappa shape index (κ3) is 2.32. The number of thiophene rings is 1. The Labute approximate surface area is 84.3 Å². The predicted molar refractivity (Wildman–Crippen MR) is 55.1 cm³/mol. The van der Waals surface area contributed by atoms with Crippen molar-refractivity contribution in [3.8, 4) is 0 Å². The summed E-state index contributed by atoms with van der Waals surface area (Å²) < 4.78 is 0. The molecule has 0 radical (unpaired) electrons. The molecule has 1 rings (SSSR count). The van der Waals surface area contributed by atoms with E-state index in [0.29, 0.717) is 0 Å². The molecule has 0 fully saturated rings. The van der Waals surface area contributed by atoms with Crippen LogP contribution in [0.15, 0.2) is 17.5 Å². The summed E-state index contributed by atoms with van der Waals surface area (Å²) in [6.45, 7) is 0.747. The molecule has 0 aromatic carbocycles. The Bertz CT molecular complexity index is 248. The van der Waals surface area contributed by atoms with Gasteiger partial charge in [0.2, 0.25) is 0 Å². The smallest absolute Gasteiger partial charge is 0.263 e. The molecule has 0 saturated heterocycles. The quantitative estimate of drug-likeness (QED) is 0.751. The van der Waals surface area contributed by atoms with Crippen LogP contribution in [0.3, 0.4) is 0 Å². The molecule has 0 spiro atoms. The number of rotatable bonds is 3. The first-order valence-corrected chi connectivity index (χ1v) is 5.60. The Morgan fingerprint density at radius 1 is 1.75 bits per heavy atom. The monoisotopic (exact) mass is 247 g/mol. The van der Waals surface area contributed by atoms with Crippen LogP contribution in [0.1, 0.15) is 9.67 Å². The fourth-order valence-electron chi connectivity index (χ4n) is 0.817. The van der Waals surface area contributed by atoms with Crippen LogP contribution >= 0.6 is 27.3 Å². The van der Waals surface area contributed by atoms with Gasteiger partial charge < -0.3 is 4.90 Å². The van der Waals surface area contributed by atoms with Gasteiger partial charge in [-0.25, -0.2) is 0 Å². The number of nitrogens with zero attached hydrogens (tertiary/aromatic N) is 1. The van der Waals surface area contributed by atoms with E-state index in [0.717, 1.165) is 16.8 Å². The second-order valence-electron chi connectivity index (χ2n) is 2.39. The summed E-state index contributed by atoms with van der Waals surface area (Å²) in [6.07, 6.45) is 0. The Morgan fingerprint density at radius 2 is 2.50 bits per heavy atom. The summed E-state index contributed by atoms with van der Waals surface area (Å²) in [5.74, 6) is 0.101. The van der Waals surface area contributed by atoms with Gasteiger partial charge in [0, 0.05) is 18.9 Å². The van der Waals surface area contributed by atoms with Crippen molar-refractivity contribution in [2.45, 2.75) is 0 Å². The van der Waals surface area contributed by atoms with Crippen LogP contribution < -0.4 is 0 Å². The van der Waals surface area contributed by atoms with Crippen molar-refractivity contribution in [3.05, 3.63) is 22.4 Å². The standard InChI is InChI=1S/C8H10BrNOS/c1-10(5-4-9)8(11)7-3-2-6-12-7/h2-3,6H,4-5H2,1H3. The lowest BCUT2D eigenvalue weighted by atomic mass is 10.4. The van der Waals surface area contributed by atoms with E-state index in [2.05, 4.69) is 15.9 Å².